The summed E-state index contributed by atoms with van der Waals surface area (Å²) in [7, 11) is 1.65. The molecule has 0 bridgehead atoms. The molecule has 0 radical (unpaired) electrons. The van der Waals surface area contributed by atoms with Crippen molar-refractivity contribution in [2.75, 3.05) is 18.7 Å². The summed E-state index contributed by atoms with van der Waals surface area (Å²) in [4.78, 5) is 21.8. The Morgan fingerprint density at radius 1 is 1.12 bits per heavy atom. The zero-order valence-corrected chi connectivity index (χ0v) is 14.9. The number of hydrogen-bond donors (Lipinski definition) is 0. The van der Waals surface area contributed by atoms with E-state index in [9.17, 15) is 4.79 Å². The van der Waals surface area contributed by atoms with Crippen LogP contribution in [0.25, 0.3) is 0 Å². The molecule has 128 valence electrons. The Morgan fingerprint density at radius 2 is 1.79 bits per heavy atom. The second-order valence-corrected chi connectivity index (χ2v) is 6.45. The number of methoxy groups -OCH3 is 1. The Balaban J connectivity index is 2.13. The summed E-state index contributed by atoms with van der Waals surface area (Å²) in [5.41, 5.74) is 2.51. The summed E-state index contributed by atoms with van der Waals surface area (Å²) in [5, 5.41) is 0. The van der Waals surface area contributed by atoms with Crippen LogP contribution in [0.3, 0.4) is 0 Å². The molecule has 2 heterocycles. The molecule has 0 amide bonds. The monoisotopic (exact) mass is 328 g/mol. The third-order valence-corrected chi connectivity index (χ3v) is 4.62. The van der Waals surface area contributed by atoms with E-state index < -0.39 is 0 Å². The van der Waals surface area contributed by atoms with E-state index in [0.29, 0.717) is 30.9 Å². The number of aryl methyl sites for hydroxylation is 1. The quantitative estimate of drug-likeness (QED) is 0.867. The molecule has 1 aliphatic rings. The lowest BCUT2D eigenvalue weighted by Gasteiger charge is -2.40. The second-order valence-electron chi connectivity index (χ2n) is 6.45. The van der Waals surface area contributed by atoms with Crippen molar-refractivity contribution in [1.29, 1.82) is 0 Å². The molecule has 0 atom stereocenters. The molecule has 3 rings (SSSR count). The summed E-state index contributed by atoms with van der Waals surface area (Å²) in [6.45, 7) is 9.25. The number of nitrogens with zero attached hydrogens (tertiary/aromatic N) is 4. The van der Waals surface area contributed by atoms with Crippen LogP contribution >= 0.6 is 0 Å². The fraction of sp³-hybridized carbons (Fsp3) is 0.444. The van der Waals surface area contributed by atoms with E-state index >= 15 is 0 Å². The highest BCUT2D eigenvalue weighted by molar-refractivity contribution is 5.59. The van der Waals surface area contributed by atoms with Crippen molar-refractivity contribution in [3.05, 3.63) is 45.9 Å². The Bertz CT molecular complexity index is 796. The number of fused-ring (bicyclic) bond motifs is 1. The zero-order valence-electron chi connectivity index (χ0n) is 14.9. The number of rotatable bonds is 3. The fourth-order valence-corrected chi connectivity index (χ4v) is 2.83. The Morgan fingerprint density at radius 3 is 2.38 bits per heavy atom. The molecule has 1 aromatic heterocycles. The molecule has 0 spiro atoms. The molecule has 0 saturated carbocycles. The standard InChI is InChI=1S/C18H24N4O2/c1-12(2)20-10-21(15-6-8-16(24-5)9-7-15)18-19-14(4)13(3)17(23)22(18)11-20/h6-9,12H,10-11H2,1-5H3. The normalized spacial score (nSPS) is 14.8. The van der Waals surface area contributed by atoms with Gasteiger partial charge >= 0.3 is 0 Å². The maximum Gasteiger partial charge on any atom is 0.259 e. The van der Waals surface area contributed by atoms with Crippen LogP contribution in [-0.2, 0) is 6.67 Å². The van der Waals surface area contributed by atoms with Gasteiger partial charge in [-0.05, 0) is 52.0 Å². The van der Waals surface area contributed by atoms with Crippen molar-refractivity contribution in [3.63, 3.8) is 0 Å². The van der Waals surface area contributed by atoms with E-state index in [2.05, 4.69) is 23.6 Å². The van der Waals surface area contributed by atoms with Crippen molar-refractivity contribution in [3.8, 4) is 5.75 Å². The smallest absolute Gasteiger partial charge is 0.259 e. The molecular formula is C18H24N4O2. The van der Waals surface area contributed by atoms with E-state index in [1.54, 1.807) is 11.7 Å². The maximum absolute atomic E-state index is 12.7. The van der Waals surface area contributed by atoms with Crippen LogP contribution in [0.4, 0.5) is 11.6 Å². The highest BCUT2D eigenvalue weighted by Gasteiger charge is 2.28. The van der Waals surface area contributed by atoms with Crippen LogP contribution in [0.5, 0.6) is 5.75 Å². The molecule has 1 aromatic carbocycles. The van der Waals surface area contributed by atoms with Gasteiger partial charge in [0.15, 0.2) is 0 Å². The van der Waals surface area contributed by atoms with Gasteiger partial charge < -0.3 is 4.74 Å². The van der Waals surface area contributed by atoms with Gasteiger partial charge in [0.1, 0.15) is 5.75 Å². The third-order valence-electron chi connectivity index (χ3n) is 4.62. The first-order chi connectivity index (χ1) is 11.4. The van der Waals surface area contributed by atoms with Crippen LogP contribution in [0.15, 0.2) is 29.1 Å². The predicted molar refractivity (Wildman–Crippen MR) is 94.9 cm³/mol. The van der Waals surface area contributed by atoms with Gasteiger partial charge in [0.05, 0.1) is 20.4 Å². The van der Waals surface area contributed by atoms with Gasteiger partial charge in [0.25, 0.3) is 5.56 Å². The predicted octanol–water partition coefficient (Wildman–Crippen LogP) is 2.65. The molecule has 0 N–H and O–H groups in total. The highest BCUT2D eigenvalue weighted by Crippen LogP contribution is 2.29. The van der Waals surface area contributed by atoms with Crippen LogP contribution in [0.2, 0.25) is 0 Å². The van der Waals surface area contributed by atoms with Gasteiger partial charge in [-0.15, -0.1) is 0 Å². The lowest BCUT2D eigenvalue weighted by molar-refractivity contribution is 0.156. The van der Waals surface area contributed by atoms with Crippen LogP contribution in [0, 0.1) is 13.8 Å². The number of ether oxygens (including phenoxy) is 1. The molecule has 6 heteroatoms. The SMILES string of the molecule is COc1ccc(N2CN(C(C)C)Cn3c2nc(C)c(C)c3=O)cc1. The Labute approximate surface area is 142 Å². The number of benzene rings is 1. The van der Waals surface area contributed by atoms with E-state index in [0.717, 1.165) is 17.1 Å². The summed E-state index contributed by atoms with van der Waals surface area (Å²) in [5.74, 6) is 1.51. The first-order valence-corrected chi connectivity index (χ1v) is 8.16. The van der Waals surface area contributed by atoms with Gasteiger partial charge in [-0.2, -0.15) is 0 Å². The molecule has 0 unspecified atom stereocenters. The summed E-state index contributed by atoms with van der Waals surface area (Å²) < 4.78 is 7.00. The molecule has 6 nitrogen and oxygen atoms in total. The molecule has 1 aliphatic heterocycles. The molecule has 0 aliphatic carbocycles. The van der Waals surface area contributed by atoms with Gasteiger partial charge in [-0.25, -0.2) is 4.98 Å². The average molecular weight is 328 g/mol. The minimum Gasteiger partial charge on any atom is -0.497 e. The summed E-state index contributed by atoms with van der Waals surface area (Å²) >= 11 is 0. The third kappa shape index (κ3) is 2.78. The van der Waals surface area contributed by atoms with E-state index in [1.807, 2.05) is 38.1 Å². The van der Waals surface area contributed by atoms with E-state index in [4.69, 9.17) is 9.72 Å². The Hall–Kier alpha value is -2.34. The molecule has 2 aromatic rings. The van der Waals surface area contributed by atoms with Crippen LogP contribution in [0.1, 0.15) is 25.1 Å². The summed E-state index contributed by atoms with van der Waals surface area (Å²) in [6.07, 6.45) is 0. The molecule has 0 saturated heterocycles. The average Bonchev–Trinajstić information content (AvgIpc) is 2.59. The second kappa shape index (κ2) is 6.28. The van der Waals surface area contributed by atoms with E-state index in [-0.39, 0.29) is 5.56 Å². The van der Waals surface area contributed by atoms with Gasteiger partial charge in [-0.1, -0.05) is 0 Å². The number of anilines is 2. The van der Waals surface area contributed by atoms with Crippen LogP contribution in [-0.4, -0.2) is 34.3 Å². The van der Waals surface area contributed by atoms with Gasteiger partial charge in [-0.3, -0.25) is 19.2 Å². The molecule has 0 fully saturated rings. The van der Waals surface area contributed by atoms with Crippen LogP contribution < -0.4 is 15.2 Å². The van der Waals surface area contributed by atoms with Crippen molar-refractivity contribution in [2.45, 2.75) is 40.4 Å². The largest absolute Gasteiger partial charge is 0.497 e. The minimum absolute atomic E-state index is 0.0290. The van der Waals surface area contributed by atoms with Crippen molar-refractivity contribution in [1.82, 2.24) is 14.5 Å². The lowest BCUT2D eigenvalue weighted by Crippen LogP contribution is -2.50. The maximum atomic E-state index is 12.7. The van der Waals surface area contributed by atoms with Gasteiger partial charge in [0, 0.05) is 23.0 Å². The number of hydrogen-bond acceptors (Lipinski definition) is 5. The molecule has 24 heavy (non-hydrogen) atoms. The first kappa shape index (κ1) is 16.5. The van der Waals surface area contributed by atoms with Gasteiger partial charge in [0.2, 0.25) is 5.95 Å². The van der Waals surface area contributed by atoms with Crippen molar-refractivity contribution in [2.24, 2.45) is 0 Å². The minimum atomic E-state index is 0.0290. The van der Waals surface area contributed by atoms with E-state index in [1.165, 1.54) is 0 Å². The van der Waals surface area contributed by atoms with Crippen molar-refractivity contribution < 1.29 is 4.74 Å². The highest BCUT2D eigenvalue weighted by atomic mass is 16.5. The zero-order chi connectivity index (χ0) is 17.4. The number of aromatic nitrogens is 2. The van der Waals surface area contributed by atoms with Crippen molar-refractivity contribution >= 4 is 11.6 Å². The molecular weight excluding hydrogens is 304 g/mol. The fourth-order valence-electron chi connectivity index (χ4n) is 2.83. The Kier molecular flexibility index (Phi) is 4.32. The summed E-state index contributed by atoms with van der Waals surface area (Å²) in [6, 6.07) is 8.16. The topological polar surface area (TPSA) is 50.6 Å². The lowest BCUT2D eigenvalue weighted by atomic mass is 10.2. The first-order valence-electron chi connectivity index (χ1n) is 8.16.